The Labute approximate surface area is 182 Å². The number of hydrogen-bond donors (Lipinski definition) is 1. The van der Waals surface area contributed by atoms with Gasteiger partial charge in [0.1, 0.15) is 0 Å². The van der Waals surface area contributed by atoms with E-state index in [0.717, 1.165) is 18.7 Å². The third-order valence-corrected chi connectivity index (χ3v) is 5.47. The third-order valence-electron chi connectivity index (χ3n) is 4.96. The largest absolute Gasteiger partial charge is 0.326 e. The number of nitrogens with one attached hydrogen (secondary N) is 1. The second-order valence-corrected chi connectivity index (χ2v) is 7.86. The molecule has 1 aromatic heterocycles. The van der Waals surface area contributed by atoms with Crippen molar-refractivity contribution >= 4 is 57.3 Å². The maximum atomic E-state index is 12.6. The summed E-state index contributed by atoms with van der Waals surface area (Å²) >= 11 is 12.1. The molecule has 0 atom stereocenters. The van der Waals surface area contributed by atoms with Crippen LogP contribution in [-0.4, -0.2) is 27.9 Å². The number of amides is 2. The van der Waals surface area contributed by atoms with Gasteiger partial charge >= 0.3 is 0 Å². The van der Waals surface area contributed by atoms with E-state index in [1.165, 1.54) is 23.0 Å². The van der Waals surface area contributed by atoms with Crippen LogP contribution in [0.25, 0.3) is 10.9 Å². The molecule has 1 fully saturated rings. The molecular formula is C21H18Cl2N4O3. The molecular weight excluding hydrogens is 427 g/mol. The van der Waals surface area contributed by atoms with E-state index < -0.39 is 0 Å². The maximum absolute atomic E-state index is 12.6. The lowest BCUT2D eigenvalue weighted by Crippen LogP contribution is -2.24. The average molecular weight is 445 g/mol. The minimum Gasteiger partial charge on any atom is -0.326 e. The van der Waals surface area contributed by atoms with E-state index in [4.69, 9.17) is 23.2 Å². The van der Waals surface area contributed by atoms with Gasteiger partial charge in [0.15, 0.2) is 0 Å². The second kappa shape index (κ2) is 8.45. The molecule has 0 bridgehead atoms. The van der Waals surface area contributed by atoms with Gasteiger partial charge in [-0.15, -0.1) is 0 Å². The van der Waals surface area contributed by atoms with Crippen LogP contribution < -0.4 is 15.8 Å². The van der Waals surface area contributed by atoms with Crippen molar-refractivity contribution in [2.75, 3.05) is 16.8 Å². The number of aromatic nitrogens is 2. The van der Waals surface area contributed by atoms with Gasteiger partial charge in [0, 0.05) is 42.3 Å². The molecule has 1 saturated heterocycles. The summed E-state index contributed by atoms with van der Waals surface area (Å²) in [6.45, 7) is 0.883. The number of benzene rings is 2. The van der Waals surface area contributed by atoms with Gasteiger partial charge in [0.05, 0.1) is 22.3 Å². The fraction of sp³-hybridized carbons (Fsp3) is 0.238. The van der Waals surface area contributed by atoms with E-state index in [9.17, 15) is 14.4 Å². The molecule has 0 saturated carbocycles. The van der Waals surface area contributed by atoms with Crippen LogP contribution in [0.5, 0.6) is 0 Å². The molecule has 2 amide bonds. The Hall–Kier alpha value is -2.90. The van der Waals surface area contributed by atoms with Crippen LogP contribution in [0.15, 0.2) is 47.5 Å². The molecule has 7 nitrogen and oxygen atoms in total. The van der Waals surface area contributed by atoms with Crippen LogP contribution in [0.3, 0.4) is 0 Å². The lowest BCUT2D eigenvalue weighted by molar-refractivity contribution is -0.117. The zero-order valence-electron chi connectivity index (χ0n) is 15.9. The van der Waals surface area contributed by atoms with Crippen molar-refractivity contribution in [3.63, 3.8) is 0 Å². The van der Waals surface area contributed by atoms with E-state index >= 15 is 0 Å². The van der Waals surface area contributed by atoms with E-state index in [1.54, 1.807) is 17.0 Å². The Morgan fingerprint density at radius 1 is 1.13 bits per heavy atom. The number of anilines is 2. The second-order valence-electron chi connectivity index (χ2n) is 7.02. The molecule has 2 aromatic carbocycles. The van der Waals surface area contributed by atoms with Crippen molar-refractivity contribution in [2.24, 2.45) is 0 Å². The molecule has 1 aliphatic heterocycles. The normalized spacial score (nSPS) is 13.8. The Bertz CT molecular complexity index is 1190. The van der Waals surface area contributed by atoms with Crippen molar-refractivity contribution in [3.05, 3.63) is 63.1 Å². The van der Waals surface area contributed by atoms with Crippen molar-refractivity contribution in [1.82, 2.24) is 9.55 Å². The average Bonchev–Trinajstić information content (AvgIpc) is 3.14. The van der Waals surface area contributed by atoms with Crippen LogP contribution in [0, 0.1) is 0 Å². The van der Waals surface area contributed by atoms with Crippen LogP contribution in [0.4, 0.5) is 11.4 Å². The quantitative estimate of drug-likeness (QED) is 0.647. The topological polar surface area (TPSA) is 84.3 Å². The third kappa shape index (κ3) is 4.17. The SMILES string of the molecule is O=C(CCn1cnc2c(Cl)cc(Cl)cc2c1=O)Nc1ccc(N2CCCC2=O)cc1. The summed E-state index contributed by atoms with van der Waals surface area (Å²) < 4.78 is 1.36. The lowest BCUT2D eigenvalue weighted by atomic mass is 10.2. The van der Waals surface area contributed by atoms with Crippen molar-refractivity contribution in [3.8, 4) is 0 Å². The van der Waals surface area contributed by atoms with Gasteiger partial charge in [0.2, 0.25) is 11.8 Å². The van der Waals surface area contributed by atoms with Crippen LogP contribution in [0.2, 0.25) is 10.0 Å². The molecule has 0 spiro atoms. The van der Waals surface area contributed by atoms with Crippen molar-refractivity contribution < 1.29 is 9.59 Å². The lowest BCUT2D eigenvalue weighted by Gasteiger charge is -2.16. The van der Waals surface area contributed by atoms with Gasteiger partial charge in [-0.3, -0.25) is 19.0 Å². The molecule has 1 aliphatic rings. The molecule has 2 heterocycles. The zero-order chi connectivity index (χ0) is 21.3. The molecule has 0 aliphatic carbocycles. The van der Waals surface area contributed by atoms with Crippen LogP contribution in [0.1, 0.15) is 19.3 Å². The molecule has 4 rings (SSSR count). The molecule has 30 heavy (non-hydrogen) atoms. The van der Waals surface area contributed by atoms with Gasteiger partial charge in [-0.1, -0.05) is 23.2 Å². The molecule has 1 N–H and O–H groups in total. The Morgan fingerprint density at radius 2 is 1.90 bits per heavy atom. The number of hydrogen-bond acceptors (Lipinski definition) is 4. The predicted octanol–water partition coefficient (Wildman–Crippen LogP) is 3.86. The summed E-state index contributed by atoms with van der Waals surface area (Å²) in [6, 6.07) is 10.2. The summed E-state index contributed by atoms with van der Waals surface area (Å²) in [4.78, 5) is 42.7. The predicted molar refractivity (Wildman–Crippen MR) is 117 cm³/mol. The van der Waals surface area contributed by atoms with E-state index in [0.29, 0.717) is 33.1 Å². The standard InChI is InChI=1S/C21H18Cl2N4O3/c22-13-10-16-20(17(23)11-13)24-12-26(21(16)30)9-7-18(28)25-14-3-5-15(6-4-14)27-8-1-2-19(27)29/h3-6,10-12H,1-2,7-9H2,(H,25,28). The summed E-state index contributed by atoms with van der Waals surface area (Å²) in [5.74, 6) is -0.125. The van der Waals surface area contributed by atoms with Crippen molar-refractivity contribution in [1.29, 1.82) is 0 Å². The first-order valence-corrected chi connectivity index (χ1v) is 10.2. The number of fused-ring (bicyclic) bond motifs is 1. The highest BCUT2D eigenvalue weighted by atomic mass is 35.5. The fourth-order valence-electron chi connectivity index (χ4n) is 3.45. The Balaban J connectivity index is 1.41. The zero-order valence-corrected chi connectivity index (χ0v) is 17.4. The highest BCUT2D eigenvalue weighted by molar-refractivity contribution is 6.38. The molecule has 3 aromatic rings. The van der Waals surface area contributed by atoms with Gasteiger partial charge in [0.25, 0.3) is 5.56 Å². The highest BCUT2D eigenvalue weighted by Crippen LogP contribution is 2.24. The summed E-state index contributed by atoms with van der Waals surface area (Å²) in [5, 5.41) is 3.76. The first kappa shape index (κ1) is 20.4. The fourth-order valence-corrected chi connectivity index (χ4v) is 3.99. The number of carbonyl (C=O) groups excluding carboxylic acids is 2. The molecule has 154 valence electrons. The van der Waals surface area contributed by atoms with E-state index in [1.807, 2.05) is 12.1 Å². The number of aryl methyl sites for hydroxylation is 1. The minimum atomic E-state index is -0.308. The van der Waals surface area contributed by atoms with Gasteiger partial charge < -0.3 is 10.2 Å². The first-order valence-electron chi connectivity index (χ1n) is 9.47. The van der Waals surface area contributed by atoms with Crippen molar-refractivity contribution in [2.45, 2.75) is 25.8 Å². The first-order chi connectivity index (χ1) is 14.4. The Kier molecular flexibility index (Phi) is 5.74. The Morgan fingerprint density at radius 3 is 2.60 bits per heavy atom. The minimum absolute atomic E-state index is 0.0910. The van der Waals surface area contributed by atoms with Crippen LogP contribution >= 0.6 is 23.2 Å². The number of carbonyl (C=O) groups is 2. The van der Waals surface area contributed by atoms with E-state index in [2.05, 4.69) is 10.3 Å². The number of halogens is 2. The molecule has 0 unspecified atom stereocenters. The monoisotopic (exact) mass is 444 g/mol. The number of rotatable bonds is 5. The van der Waals surface area contributed by atoms with Gasteiger partial charge in [-0.05, 0) is 42.8 Å². The molecule has 0 radical (unpaired) electrons. The van der Waals surface area contributed by atoms with Crippen LogP contribution in [-0.2, 0) is 16.1 Å². The highest BCUT2D eigenvalue weighted by Gasteiger charge is 2.21. The summed E-state index contributed by atoms with van der Waals surface area (Å²) in [6.07, 6.45) is 2.89. The smallest absolute Gasteiger partial charge is 0.261 e. The summed E-state index contributed by atoms with van der Waals surface area (Å²) in [7, 11) is 0. The summed E-state index contributed by atoms with van der Waals surface area (Å²) in [5.41, 5.74) is 1.51. The van der Waals surface area contributed by atoms with Gasteiger partial charge in [-0.2, -0.15) is 0 Å². The van der Waals surface area contributed by atoms with Gasteiger partial charge in [-0.25, -0.2) is 4.98 Å². The maximum Gasteiger partial charge on any atom is 0.261 e. The number of nitrogens with zero attached hydrogens (tertiary/aromatic N) is 3. The van der Waals surface area contributed by atoms with E-state index in [-0.39, 0.29) is 30.3 Å². The molecule has 9 heteroatoms.